The molecule has 0 fully saturated rings. The number of rotatable bonds is 6. The normalized spacial score (nSPS) is 10.8. The summed E-state index contributed by atoms with van der Waals surface area (Å²) in [6.07, 6.45) is 3.19. The van der Waals surface area contributed by atoms with Gasteiger partial charge in [-0.05, 0) is 53.9 Å². The molecule has 0 atom stereocenters. The van der Waals surface area contributed by atoms with E-state index in [9.17, 15) is 9.18 Å². The lowest BCUT2D eigenvalue weighted by molar-refractivity contribution is 0.262. The number of carbonyl (C=O) groups excluding carboxylic acids is 1. The van der Waals surface area contributed by atoms with Gasteiger partial charge < -0.3 is 15.2 Å². The highest BCUT2D eigenvalue weighted by Crippen LogP contribution is 2.27. The molecule has 5 nitrogen and oxygen atoms in total. The van der Waals surface area contributed by atoms with E-state index in [1.165, 1.54) is 12.1 Å². The molecular weight excluding hydrogens is 462 g/mol. The summed E-state index contributed by atoms with van der Waals surface area (Å²) >= 11 is 12.6. The Morgan fingerprint density at radius 1 is 0.939 bits per heavy atom. The van der Waals surface area contributed by atoms with Gasteiger partial charge in [-0.1, -0.05) is 53.5 Å². The third-order valence-electron chi connectivity index (χ3n) is 5.31. The zero-order valence-electron chi connectivity index (χ0n) is 17.8. The van der Waals surface area contributed by atoms with E-state index in [1.807, 2.05) is 48.1 Å². The maximum absolute atomic E-state index is 13.7. The fourth-order valence-electron chi connectivity index (χ4n) is 3.53. The molecule has 33 heavy (non-hydrogen) atoms. The van der Waals surface area contributed by atoms with Crippen molar-refractivity contribution in [3.63, 3.8) is 0 Å². The van der Waals surface area contributed by atoms with Crippen LogP contribution in [0.5, 0.6) is 0 Å². The molecule has 2 amide bonds. The van der Waals surface area contributed by atoms with E-state index in [0.717, 1.165) is 22.6 Å². The molecule has 0 bridgehead atoms. The number of anilines is 2. The second-order valence-electron chi connectivity index (χ2n) is 7.46. The van der Waals surface area contributed by atoms with Gasteiger partial charge in [0.15, 0.2) is 0 Å². The first-order valence-electron chi connectivity index (χ1n) is 10.3. The number of hydrogen-bond acceptors (Lipinski definition) is 2. The summed E-state index contributed by atoms with van der Waals surface area (Å²) in [5.74, 6) is 0.416. The summed E-state index contributed by atoms with van der Waals surface area (Å²) < 4.78 is 15.7. The van der Waals surface area contributed by atoms with Crippen molar-refractivity contribution in [2.75, 3.05) is 10.6 Å². The minimum Gasteiger partial charge on any atom is -0.331 e. The number of nitrogens with zero attached hydrogens (tertiary/aromatic N) is 2. The van der Waals surface area contributed by atoms with Gasteiger partial charge in [0.2, 0.25) is 0 Å². The molecule has 168 valence electrons. The van der Waals surface area contributed by atoms with Crippen LogP contribution in [0.4, 0.5) is 20.6 Å². The molecule has 4 rings (SSSR count). The smallest absolute Gasteiger partial charge is 0.323 e. The summed E-state index contributed by atoms with van der Waals surface area (Å²) in [4.78, 5) is 16.7. The molecule has 1 heterocycles. The highest BCUT2D eigenvalue weighted by atomic mass is 35.5. The second kappa shape index (κ2) is 10.1. The van der Waals surface area contributed by atoms with Gasteiger partial charge in [-0.25, -0.2) is 14.2 Å². The Bertz CT molecular complexity index is 1270. The fourth-order valence-corrected chi connectivity index (χ4v) is 4.11. The number of nitrogens with one attached hydrogen (secondary N) is 2. The van der Waals surface area contributed by atoms with Gasteiger partial charge in [-0.2, -0.15) is 0 Å². The summed E-state index contributed by atoms with van der Waals surface area (Å²) in [6.45, 7) is 0. The quantitative estimate of drug-likeness (QED) is 0.311. The molecule has 4 aromatic rings. The topological polar surface area (TPSA) is 59.0 Å². The van der Waals surface area contributed by atoms with E-state index < -0.39 is 11.8 Å². The molecule has 0 aliphatic rings. The molecule has 0 aliphatic heterocycles. The monoisotopic (exact) mass is 482 g/mol. The summed E-state index contributed by atoms with van der Waals surface area (Å²) in [5.41, 5.74) is 3.51. The van der Waals surface area contributed by atoms with Crippen molar-refractivity contribution in [2.45, 2.75) is 12.8 Å². The Hall–Kier alpha value is -3.35. The molecule has 8 heteroatoms. The van der Waals surface area contributed by atoms with Crippen molar-refractivity contribution in [3.8, 4) is 11.3 Å². The van der Waals surface area contributed by atoms with Crippen LogP contribution in [-0.4, -0.2) is 15.6 Å². The second-order valence-corrected chi connectivity index (χ2v) is 8.27. The van der Waals surface area contributed by atoms with Crippen LogP contribution in [0.2, 0.25) is 10.0 Å². The van der Waals surface area contributed by atoms with E-state index >= 15 is 0 Å². The molecule has 3 aromatic carbocycles. The third-order valence-corrected chi connectivity index (χ3v) is 6.01. The molecule has 1 aromatic heterocycles. The van der Waals surface area contributed by atoms with Crippen LogP contribution in [0.15, 0.2) is 72.9 Å². The number of para-hydroxylation sites is 1. The lowest BCUT2D eigenvalue weighted by atomic mass is 10.1. The van der Waals surface area contributed by atoms with Crippen LogP contribution in [-0.2, 0) is 19.9 Å². The average molecular weight is 483 g/mol. The fraction of sp³-hybridized carbons (Fsp3) is 0.120. The van der Waals surface area contributed by atoms with E-state index in [1.54, 1.807) is 24.3 Å². The van der Waals surface area contributed by atoms with Gasteiger partial charge in [0, 0.05) is 29.2 Å². The van der Waals surface area contributed by atoms with E-state index in [0.29, 0.717) is 28.6 Å². The predicted molar refractivity (Wildman–Crippen MR) is 132 cm³/mol. The van der Waals surface area contributed by atoms with Crippen molar-refractivity contribution in [1.82, 2.24) is 9.55 Å². The Kier molecular flexibility index (Phi) is 6.96. The minimum atomic E-state index is -0.520. The molecule has 0 saturated heterocycles. The molecular formula is C25H21Cl2FN4O. The standard InChI is InChI=1S/C25H21Cl2FN4O/c1-32-23(15-29-24(32)14-13-18-19(26)5-4-6-20(18)27)16-9-11-17(12-10-16)30-25(33)31-22-8-3-2-7-21(22)28/h2-12,15H,13-14H2,1H3,(H2,30,31,33). The van der Waals surface area contributed by atoms with Crippen LogP contribution in [0.1, 0.15) is 11.4 Å². The van der Waals surface area contributed by atoms with Crippen LogP contribution < -0.4 is 10.6 Å². The van der Waals surface area contributed by atoms with E-state index in [-0.39, 0.29) is 5.69 Å². The summed E-state index contributed by atoms with van der Waals surface area (Å²) in [5, 5.41) is 6.50. The van der Waals surface area contributed by atoms with Crippen molar-refractivity contribution in [1.29, 1.82) is 0 Å². The number of benzene rings is 3. The van der Waals surface area contributed by atoms with Crippen molar-refractivity contribution in [3.05, 3.63) is 100 Å². The van der Waals surface area contributed by atoms with Crippen LogP contribution in [0.25, 0.3) is 11.3 Å². The van der Waals surface area contributed by atoms with Crippen molar-refractivity contribution in [2.24, 2.45) is 7.05 Å². The van der Waals surface area contributed by atoms with Crippen LogP contribution in [0, 0.1) is 5.82 Å². The zero-order valence-corrected chi connectivity index (χ0v) is 19.3. The lowest BCUT2D eigenvalue weighted by Crippen LogP contribution is -2.20. The SMILES string of the molecule is Cn1c(-c2ccc(NC(=O)Nc3ccccc3F)cc2)cnc1CCc1c(Cl)cccc1Cl. The molecule has 0 aliphatic carbocycles. The first kappa shape index (κ1) is 22.8. The van der Waals surface area contributed by atoms with Gasteiger partial charge in [0.1, 0.15) is 11.6 Å². The predicted octanol–water partition coefficient (Wildman–Crippen LogP) is 6.96. The molecule has 0 spiro atoms. The highest BCUT2D eigenvalue weighted by molar-refractivity contribution is 6.36. The van der Waals surface area contributed by atoms with Gasteiger partial charge in [0.25, 0.3) is 0 Å². The Labute approximate surface area is 201 Å². The minimum absolute atomic E-state index is 0.118. The van der Waals surface area contributed by atoms with E-state index in [2.05, 4.69) is 15.6 Å². The summed E-state index contributed by atoms with van der Waals surface area (Å²) in [7, 11) is 1.96. The number of aromatic nitrogens is 2. The maximum Gasteiger partial charge on any atom is 0.323 e. The molecule has 0 saturated carbocycles. The number of halogens is 3. The van der Waals surface area contributed by atoms with Crippen molar-refractivity contribution < 1.29 is 9.18 Å². The molecule has 2 N–H and O–H groups in total. The number of hydrogen-bond donors (Lipinski definition) is 2. The maximum atomic E-state index is 13.7. The van der Waals surface area contributed by atoms with Crippen molar-refractivity contribution >= 4 is 40.6 Å². The van der Waals surface area contributed by atoms with Gasteiger partial charge in [-0.15, -0.1) is 0 Å². The van der Waals surface area contributed by atoms with E-state index in [4.69, 9.17) is 23.2 Å². The van der Waals surface area contributed by atoms with Crippen LogP contribution in [0.3, 0.4) is 0 Å². The Balaban J connectivity index is 1.41. The average Bonchev–Trinajstić information content (AvgIpc) is 3.16. The Morgan fingerprint density at radius 3 is 2.33 bits per heavy atom. The number of urea groups is 1. The largest absolute Gasteiger partial charge is 0.331 e. The van der Waals surface area contributed by atoms with Crippen LogP contribution >= 0.6 is 23.2 Å². The zero-order chi connectivity index (χ0) is 23.4. The molecule has 0 unspecified atom stereocenters. The number of aryl methyl sites for hydroxylation is 1. The van der Waals surface area contributed by atoms with Gasteiger partial charge in [0.05, 0.1) is 17.6 Å². The summed E-state index contributed by atoms with van der Waals surface area (Å²) in [6, 6.07) is 18.3. The first-order valence-corrected chi connectivity index (χ1v) is 11.0. The van der Waals surface area contributed by atoms with Gasteiger partial charge >= 0.3 is 6.03 Å². The first-order chi connectivity index (χ1) is 15.9. The number of amides is 2. The Morgan fingerprint density at radius 2 is 1.64 bits per heavy atom. The van der Waals surface area contributed by atoms with Gasteiger partial charge in [-0.3, -0.25) is 0 Å². The molecule has 0 radical (unpaired) electrons. The third kappa shape index (κ3) is 5.35. The number of carbonyl (C=O) groups is 1. The highest BCUT2D eigenvalue weighted by Gasteiger charge is 2.12. The number of imidazole rings is 1. The lowest BCUT2D eigenvalue weighted by Gasteiger charge is -2.10.